The van der Waals surface area contributed by atoms with E-state index in [0.717, 1.165) is 37.5 Å². The molecule has 2 rings (SSSR count). The highest BCUT2D eigenvalue weighted by Crippen LogP contribution is 2.29. The van der Waals surface area contributed by atoms with Gasteiger partial charge in [-0.2, -0.15) is 0 Å². The van der Waals surface area contributed by atoms with Gasteiger partial charge in [0.2, 0.25) is 0 Å². The Morgan fingerprint density at radius 2 is 2.22 bits per heavy atom. The molecule has 3 unspecified atom stereocenters. The average molecular weight is 248 g/mol. The van der Waals surface area contributed by atoms with Crippen molar-refractivity contribution in [1.82, 2.24) is 9.88 Å². The van der Waals surface area contributed by atoms with E-state index in [1.54, 1.807) is 0 Å². The van der Waals surface area contributed by atoms with Crippen LogP contribution in [0.2, 0.25) is 0 Å². The van der Waals surface area contributed by atoms with Crippen molar-refractivity contribution in [3.63, 3.8) is 0 Å². The molecular formula is C15H24N2O. The largest absolute Gasteiger partial charge is 0.393 e. The van der Waals surface area contributed by atoms with E-state index in [4.69, 9.17) is 0 Å². The van der Waals surface area contributed by atoms with Crippen LogP contribution in [0.25, 0.3) is 0 Å². The van der Waals surface area contributed by atoms with Crippen LogP contribution in [0.4, 0.5) is 0 Å². The lowest BCUT2D eigenvalue weighted by Crippen LogP contribution is -2.36. The molecule has 0 radical (unpaired) electrons. The number of aliphatic hydroxyl groups excluding tert-OH is 1. The van der Waals surface area contributed by atoms with Crippen molar-refractivity contribution in [2.75, 3.05) is 13.6 Å². The lowest BCUT2D eigenvalue weighted by Gasteiger charge is -2.34. The van der Waals surface area contributed by atoms with Gasteiger partial charge in [0.25, 0.3) is 0 Å². The number of aliphatic hydroxyl groups is 1. The van der Waals surface area contributed by atoms with Gasteiger partial charge >= 0.3 is 0 Å². The Kier molecular flexibility index (Phi) is 4.72. The zero-order chi connectivity index (χ0) is 13.0. The van der Waals surface area contributed by atoms with Crippen molar-refractivity contribution in [2.45, 2.75) is 38.8 Å². The molecule has 3 atom stereocenters. The van der Waals surface area contributed by atoms with Gasteiger partial charge in [-0.05, 0) is 50.3 Å². The number of hydrogen-bond donors (Lipinski definition) is 1. The van der Waals surface area contributed by atoms with E-state index in [1.165, 1.54) is 6.42 Å². The molecule has 1 N–H and O–H groups in total. The molecule has 1 saturated carbocycles. The lowest BCUT2D eigenvalue weighted by atomic mass is 9.80. The second kappa shape index (κ2) is 6.30. The van der Waals surface area contributed by atoms with Crippen molar-refractivity contribution >= 4 is 0 Å². The van der Waals surface area contributed by atoms with E-state index in [-0.39, 0.29) is 6.10 Å². The molecular weight excluding hydrogens is 224 g/mol. The number of aromatic nitrogens is 1. The van der Waals surface area contributed by atoms with Crippen LogP contribution in [0.3, 0.4) is 0 Å². The van der Waals surface area contributed by atoms with Crippen molar-refractivity contribution in [3.8, 4) is 0 Å². The maximum atomic E-state index is 10.1. The highest BCUT2D eigenvalue weighted by molar-refractivity contribution is 5.03. The second-order valence-electron chi connectivity index (χ2n) is 5.76. The summed E-state index contributed by atoms with van der Waals surface area (Å²) in [4.78, 5) is 6.61. The minimum absolute atomic E-state index is 0.118. The smallest absolute Gasteiger partial charge is 0.0580 e. The molecule has 1 aromatic heterocycles. The molecule has 0 amide bonds. The predicted molar refractivity (Wildman–Crippen MR) is 73.1 cm³/mol. The normalized spacial score (nSPS) is 28.6. The van der Waals surface area contributed by atoms with Gasteiger partial charge in [-0.3, -0.25) is 4.98 Å². The van der Waals surface area contributed by atoms with E-state index in [0.29, 0.717) is 5.92 Å². The lowest BCUT2D eigenvalue weighted by molar-refractivity contribution is 0.0336. The van der Waals surface area contributed by atoms with Crippen LogP contribution in [-0.2, 0) is 6.54 Å². The Morgan fingerprint density at radius 1 is 1.39 bits per heavy atom. The first-order valence-electron chi connectivity index (χ1n) is 6.91. The van der Waals surface area contributed by atoms with E-state index in [2.05, 4.69) is 29.9 Å². The number of hydrogen-bond acceptors (Lipinski definition) is 3. The molecule has 0 aliphatic heterocycles. The van der Waals surface area contributed by atoms with Crippen LogP contribution >= 0.6 is 0 Å². The predicted octanol–water partition coefficient (Wildman–Crippen LogP) is 2.31. The quantitative estimate of drug-likeness (QED) is 0.888. The van der Waals surface area contributed by atoms with Gasteiger partial charge in [0, 0.05) is 19.3 Å². The monoisotopic (exact) mass is 248 g/mol. The highest BCUT2D eigenvalue weighted by atomic mass is 16.3. The summed E-state index contributed by atoms with van der Waals surface area (Å²) in [7, 11) is 2.11. The van der Waals surface area contributed by atoms with Gasteiger partial charge in [-0.1, -0.05) is 13.0 Å². The van der Waals surface area contributed by atoms with Gasteiger partial charge in [-0.25, -0.2) is 0 Å². The highest BCUT2D eigenvalue weighted by Gasteiger charge is 2.27. The second-order valence-corrected chi connectivity index (χ2v) is 5.76. The van der Waals surface area contributed by atoms with E-state index in [9.17, 15) is 5.11 Å². The molecule has 1 aliphatic rings. The van der Waals surface area contributed by atoms with Crippen LogP contribution in [0.5, 0.6) is 0 Å². The molecule has 3 nitrogen and oxygen atoms in total. The van der Waals surface area contributed by atoms with Crippen LogP contribution < -0.4 is 0 Å². The third-order valence-electron chi connectivity index (χ3n) is 3.91. The summed E-state index contributed by atoms with van der Waals surface area (Å²) >= 11 is 0. The molecule has 1 aliphatic carbocycles. The van der Waals surface area contributed by atoms with Crippen molar-refractivity contribution in [1.29, 1.82) is 0 Å². The fourth-order valence-corrected chi connectivity index (χ4v) is 2.91. The van der Waals surface area contributed by atoms with Crippen LogP contribution in [-0.4, -0.2) is 34.7 Å². The van der Waals surface area contributed by atoms with E-state index >= 15 is 0 Å². The molecule has 0 spiro atoms. The molecule has 0 bridgehead atoms. The maximum Gasteiger partial charge on any atom is 0.0580 e. The zero-order valence-corrected chi connectivity index (χ0v) is 11.4. The molecule has 18 heavy (non-hydrogen) atoms. The number of nitrogens with zero attached hydrogens (tertiary/aromatic N) is 2. The standard InChI is InChI=1S/C15H24N2O/c1-12-6-7-15(18)13(9-12)10-17(2)11-14-5-3-4-8-16-14/h3-5,8,12-13,15,18H,6-7,9-11H2,1-2H3. The van der Waals surface area contributed by atoms with Crippen LogP contribution in [0, 0.1) is 11.8 Å². The Balaban J connectivity index is 1.85. The molecule has 1 aromatic rings. The molecule has 1 heterocycles. The molecule has 100 valence electrons. The van der Waals surface area contributed by atoms with Crippen molar-refractivity contribution in [2.24, 2.45) is 11.8 Å². The Bertz CT molecular complexity index is 355. The summed E-state index contributed by atoms with van der Waals surface area (Å²) in [6, 6.07) is 6.01. The number of rotatable bonds is 4. The Hall–Kier alpha value is -0.930. The van der Waals surface area contributed by atoms with Gasteiger partial charge in [-0.15, -0.1) is 0 Å². The Morgan fingerprint density at radius 3 is 2.94 bits per heavy atom. The first-order chi connectivity index (χ1) is 8.65. The summed E-state index contributed by atoms with van der Waals surface area (Å²) in [6.07, 6.45) is 4.99. The summed E-state index contributed by atoms with van der Waals surface area (Å²) in [6.45, 7) is 4.11. The summed E-state index contributed by atoms with van der Waals surface area (Å²) in [5.41, 5.74) is 1.10. The summed E-state index contributed by atoms with van der Waals surface area (Å²) in [5.74, 6) is 1.17. The Labute approximate surface area is 110 Å². The van der Waals surface area contributed by atoms with E-state index in [1.807, 2.05) is 18.3 Å². The van der Waals surface area contributed by atoms with E-state index < -0.39 is 0 Å². The van der Waals surface area contributed by atoms with Gasteiger partial charge in [0.1, 0.15) is 0 Å². The fourth-order valence-electron chi connectivity index (χ4n) is 2.91. The fraction of sp³-hybridized carbons (Fsp3) is 0.667. The zero-order valence-electron chi connectivity index (χ0n) is 11.4. The van der Waals surface area contributed by atoms with Crippen LogP contribution in [0.15, 0.2) is 24.4 Å². The SMILES string of the molecule is CC1CCC(O)C(CN(C)Cc2ccccn2)C1. The molecule has 3 heteroatoms. The van der Waals surface area contributed by atoms with Gasteiger partial charge in [0.15, 0.2) is 0 Å². The molecule has 1 fully saturated rings. The van der Waals surface area contributed by atoms with Gasteiger partial charge < -0.3 is 10.0 Å². The minimum Gasteiger partial charge on any atom is -0.393 e. The van der Waals surface area contributed by atoms with Crippen molar-refractivity contribution in [3.05, 3.63) is 30.1 Å². The van der Waals surface area contributed by atoms with Crippen LogP contribution in [0.1, 0.15) is 31.9 Å². The number of pyridine rings is 1. The molecule has 0 saturated heterocycles. The summed E-state index contributed by atoms with van der Waals surface area (Å²) < 4.78 is 0. The third-order valence-corrected chi connectivity index (χ3v) is 3.91. The first-order valence-corrected chi connectivity index (χ1v) is 6.91. The summed E-state index contributed by atoms with van der Waals surface area (Å²) in [5, 5.41) is 10.1. The third kappa shape index (κ3) is 3.79. The molecule has 0 aromatic carbocycles. The maximum absolute atomic E-state index is 10.1. The minimum atomic E-state index is -0.118. The van der Waals surface area contributed by atoms with Gasteiger partial charge in [0.05, 0.1) is 11.8 Å². The van der Waals surface area contributed by atoms with Crippen molar-refractivity contribution < 1.29 is 5.11 Å². The first kappa shape index (κ1) is 13.5. The average Bonchev–Trinajstić information content (AvgIpc) is 2.35. The topological polar surface area (TPSA) is 36.4 Å².